The molecule has 2 N–H and O–H groups in total. The van der Waals surface area contributed by atoms with Crippen LogP contribution in [-0.2, 0) is 11.2 Å². The van der Waals surface area contributed by atoms with Crippen molar-refractivity contribution in [3.05, 3.63) is 29.3 Å². The number of carboxylic acid groups (broad SMARTS) is 1. The Hall–Kier alpha value is -2.14. The first kappa shape index (κ1) is 17.3. The first-order valence-electron chi connectivity index (χ1n) is 8.91. The highest BCUT2D eigenvalue weighted by Crippen LogP contribution is 2.49. The van der Waals surface area contributed by atoms with Gasteiger partial charge in [-0.1, -0.05) is 12.1 Å². The van der Waals surface area contributed by atoms with Crippen molar-refractivity contribution in [3.8, 4) is 11.8 Å². The van der Waals surface area contributed by atoms with Crippen LogP contribution in [-0.4, -0.2) is 70.9 Å². The van der Waals surface area contributed by atoms with Crippen LogP contribution in [0.4, 0.5) is 0 Å². The summed E-state index contributed by atoms with van der Waals surface area (Å²) in [5.41, 5.74) is 1.98. The number of likely N-dealkylation sites (N-methyl/N-ethyl adjacent to an activating group) is 1. The van der Waals surface area contributed by atoms with E-state index < -0.39 is 17.9 Å². The summed E-state index contributed by atoms with van der Waals surface area (Å²) in [6.45, 7) is -0.136. The van der Waals surface area contributed by atoms with Gasteiger partial charge in [0, 0.05) is 23.7 Å². The Labute approximate surface area is 152 Å². The third-order valence-corrected chi connectivity index (χ3v) is 6.48. The molecule has 26 heavy (non-hydrogen) atoms. The summed E-state index contributed by atoms with van der Waals surface area (Å²) in [7, 11) is 3.53. The molecule has 0 aromatic heterocycles. The van der Waals surface area contributed by atoms with Crippen molar-refractivity contribution in [1.82, 2.24) is 9.80 Å². The third-order valence-electron chi connectivity index (χ3n) is 6.48. The van der Waals surface area contributed by atoms with E-state index in [1.54, 1.807) is 7.11 Å². The summed E-state index contributed by atoms with van der Waals surface area (Å²) >= 11 is 0. The average Bonchev–Trinajstić information content (AvgIpc) is 2.90. The van der Waals surface area contributed by atoms with Crippen LogP contribution < -0.4 is 4.74 Å². The summed E-state index contributed by atoms with van der Waals surface area (Å²) in [6, 6.07) is 6.93. The zero-order valence-electron chi connectivity index (χ0n) is 14.9. The fourth-order valence-electron chi connectivity index (χ4n) is 5.48. The Bertz CT molecular complexity index is 777. The number of aliphatic hydroxyl groups is 1. The van der Waals surface area contributed by atoms with Crippen molar-refractivity contribution in [2.75, 3.05) is 20.8 Å². The van der Waals surface area contributed by atoms with Crippen LogP contribution in [0.3, 0.4) is 0 Å². The van der Waals surface area contributed by atoms with Gasteiger partial charge in [-0.05, 0) is 31.5 Å². The zero-order valence-corrected chi connectivity index (χ0v) is 14.9. The molecular formula is C19H23N3O4. The van der Waals surface area contributed by atoms with Crippen LogP contribution in [0.5, 0.6) is 5.75 Å². The number of aliphatic hydroxyl groups excluding tert-OH is 1. The second-order valence-corrected chi connectivity index (χ2v) is 7.43. The number of carboxylic acids is 1. The van der Waals surface area contributed by atoms with Crippen LogP contribution >= 0.6 is 0 Å². The Morgan fingerprint density at radius 3 is 2.81 bits per heavy atom. The van der Waals surface area contributed by atoms with Gasteiger partial charge in [-0.25, -0.2) is 0 Å². The number of rotatable bonds is 3. The van der Waals surface area contributed by atoms with E-state index in [-0.39, 0.29) is 30.8 Å². The molecule has 3 heterocycles. The van der Waals surface area contributed by atoms with E-state index in [1.165, 1.54) is 0 Å². The molecule has 0 unspecified atom stereocenters. The second-order valence-electron chi connectivity index (χ2n) is 7.43. The molecule has 7 nitrogen and oxygen atoms in total. The van der Waals surface area contributed by atoms with Gasteiger partial charge in [-0.2, -0.15) is 5.26 Å². The lowest BCUT2D eigenvalue weighted by Gasteiger charge is -2.54. The summed E-state index contributed by atoms with van der Waals surface area (Å²) in [4.78, 5) is 16.0. The van der Waals surface area contributed by atoms with Crippen molar-refractivity contribution >= 4 is 5.97 Å². The number of fused-ring (bicyclic) bond motifs is 5. The van der Waals surface area contributed by atoms with Crippen LogP contribution in [0.2, 0.25) is 0 Å². The highest BCUT2D eigenvalue weighted by molar-refractivity contribution is 5.72. The summed E-state index contributed by atoms with van der Waals surface area (Å²) in [5, 5.41) is 29.8. The molecule has 2 saturated heterocycles. The molecule has 0 radical (unpaired) electrons. The Morgan fingerprint density at radius 2 is 2.19 bits per heavy atom. The van der Waals surface area contributed by atoms with Gasteiger partial charge in [0.15, 0.2) is 0 Å². The highest BCUT2D eigenvalue weighted by atomic mass is 16.5. The lowest BCUT2D eigenvalue weighted by molar-refractivity contribution is -0.144. The fourth-order valence-corrected chi connectivity index (χ4v) is 5.48. The molecule has 0 saturated carbocycles. The van der Waals surface area contributed by atoms with Crippen molar-refractivity contribution in [3.63, 3.8) is 0 Å². The van der Waals surface area contributed by atoms with Crippen molar-refractivity contribution in [2.45, 2.75) is 43.1 Å². The van der Waals surface area contributed by atoms with Crippen LogP contribution in [0.1, 0.15) is 23.6 Å². The maximum Gasteiger partial charge on any atom is 0.308 e. The number of nitriles is 1. The number of piperazine rings is 1. The third kappa shape index (κ3) is 2.19. The summed E-state index contributed by atoms with van der Waals surface area (Å²) in [6.07, 6.45) is 1.11. The fraction of sp³-hybridized carbons (Fsp3) is 0.579. The molecule has 6 atom stereocenters. The average molecular weight is 357 g/mol. The number of methoxy groups -OCH3 is 1. The number of hydrogen-bond donors (Lipinski definition) is 2. The molecule has 138 valence electrons. The SMILES string of the molecule is COc1cccc2c1[C@H](CO)N1[C@@H](C#N)[C@@H]3C[C@H](C(=O)O)[C@H]([C@@H]1C2)N3C. The van der Waals surface area contributed by atoms with Gasteiger partial charge < -0.3 is 14.9 Å². The lowest BCUT2D eigenvalue weighted by atomic mass is 9.80. The zero-order chi connectivity index (χ0) is 18.6. The minimum absolute atomic E-state index is 0.124. The van der Waals surface area contributed by atoms with Gasteiger partial charge >= 0.3 is 5.97 Å². The van der Waals surface area contributed by atoms with Crippen molar-refractivity contribution < 1.29 is 19.7 Å². The largest absolute Gasteiger partial charge is 0.496 e. The van der Waals surface area contributed by atoms with E-state index in [9.17, 15) is 20.3 Å². The molecule has 3 aliphatic rings. The molecule has 2 bridgehead atoms. The molecule has 0 aliphatic carbocycles. The van der Waals surface area contributed by atoms with Crippen LogP contribution in [0, 0.1) is 17.2 Å². The van der Waals surface area contributed by atoms with Gasteiger partial charge in [0.05, 0.1) is 31.7 Å². The molecular weight excluding hydrogens is 334 g/mol. The monoisotopic (exact) mass is 357 g/mol. The van der Waals surface area contributed by atoms with Gasteiger partial charge in [-0.15, -0.1) is 0 Å². The second kappa shape index (κ2) is 6.23. The lowest BCUT2D eigenvalue weighted by Crippen LogP contribution is -2.67. The van der Waals surface area contributed by atoms with E-state index in [0.29, 0.717) is 18.6 Å². The van der Waals surface area contributed by atoms with E-state index >= 15 is 0 Å². The van der Waals surface area contributed by atoms with Gasteiger partial charge in [0.25, 0.3) is 0 Å². The topological polar surface area (TPSA) is 97.0 Å². The first-order chi connectivity index (χ1) is 12.5. The maximum absolute atomic E-state index is 11.9. The molecule has 4 rings (SSSR count). The smallest absolute Gasteiger partial charge is 0.308 e. The summed E-state index contributed by atoms with van der Waals surface area (Å²) in [5.74, 6) is -0.597. The normalized spacial score (nSPS) is 36.1. The van der Waals surface area contributed by atoms with E-state index in [2.05, 4.69) is 15.9 Å². The van der Waals surface area contributed by atoms with E-state index in [0.717, 1.165) is 11.1 Å². The molecule has 1 aromatic carbocycles. The Morgan fingerprint density at radius 1 is 1.42 bits per heavy atom. The molecule has 0 spiro atoms. The van der Waals surface area contributed by atoms with Crippen LogP contribution in [0.25, 0.3) is 0 Å². The number of aliphatic carboxylic acids is 1. The predicted molar refractivity (Wildman–Crippen MR) is 92.6 cm³/mol. The quantitative estimate of drug-likeness (QED) is 0.819. The highest BCUT2D eigenvalue weighted by Gasteiger charge is 2.59. The number of benzene rings is 1. The number of carbonyl (C=O) groups is 1. The Kier molecular flexibility index (Phi) is 4.14. The summed E-state index contributed by atoms with van der Waals surface area (Å²) < 4.78 is 5.52. The molecule has 2 fully saturated rings. The van der Waals surface area contributed by atoms with E-state index in [1.807, 2.05) is 25.2 Å². The standard InChI is InChI=1S/C19H23N3O4/c1-21-12-7-11(19(24)25)18(21)13-6-10-4-3-5-16(26-2)17(10)15(9-23)22(13)14(12)8-20/h3-5,11-15,18,23H,6-7,9H2,1-2H3,(H,24,25)/t11-,12-,13-,14-,15-,18+/m0/s1. The number of nitrogens with zero attached hydrogens (tertiary/aromatic N) is 3. The predicted octanol–water partition coefficient (Wildman–Crippen LogP) is 0.635. The van der Waals surface area contributed by atoms with Crippen LogP contribution in [0.15, 0.2) is 18.2 Å². The molecule has 0 amide bonds. The number of ether oxygens (including phenoxy) is 1. The molecule has 1 aromatic rings. The Balaban J connectivity index is 1.87. The minimum Gasteiger partial charge on any atom is -0.496 e. The van der Waals surface area contributed by atoms with Crippen molar-refractivity contribution in [1.29, 1.82) is 5.26 Å². The van der Waals surface area contributed by atoms with Crippen molar-refractivity contribution in [2.24, 2.45) is 5.92 Å². The van der Waals surface area contributed by atoms with Gasteiger partial charge in [-0.3, -0.25) is 14.6 Å². The molecule has 3 aliphatic heterocycles. The van der Waals surface area contributed by atoms with E-state index in [4.69, 9.17) is 4.74 Å². The molecule has 7 heteroatoms. The maximum atomic E-state index is 11.9. The number of hydrogen-bond acceptors (Lipinski definition) is 6. The minimum atomic E-state index is -0.806. The van der Waals surface area contributed by atoms with Gasteiger partial charge in [0.2, 0.25) is 0 Å². The first-order valence-corrected chi connectivity index (χ1v) is 8.91. The van der Waals surface area contributed by atoms with Gasteiger partial charge in [0.1, 0.15) is 11.8 Å².